The van der Waals surface area contributed by atoms with E-state index in [1.165, 1.54) is 0 Å². The third kappa shape index (κ3) is 4.20. The van der Waals surface area contributed by atoms with E-state index in [1.54, 1.807) is 18.3 Å². The summed E-state index contributed by atoms with van der Waals surface area (Å²) in [6.07, 6.45) is 4.94. The third-order valence-electron chi connectivity index (χ3n) is 4.14. The number of amides is 1. The summed E-state index contributed by atoms with van der Waals surface area (Å²) in [6, 6.07) is 5.32. The van der Waals surface area contributed by atoms with Crippen molar-refractivity contribution in [2.45, 2.75) is 45.3 Å². The lowest BCUT2D eigenvalue weighted by Gasteiger charge is -2.22. The zero-order valence-corrected chi connectivity index (χ0v) is 14.7. The molecule has 3 rings (SSSR count). The normalized spacial score (nSPS) is 17.6. The van der Waals surface area contributed by atoms with Crippen LogP contribution in [0.25, 0.3) is 10.8 Å². The van der Waals surface area contributed by atoms with E-state index < -0.39 is 5.91 Å². The third-order valence-corrected chi connectivity index (χ3v) is 4.14. The molecule has 134 valence electrons. The molecule has 1 aromatic carbocycles. The molecule has 2 aromatic rings. The first-order valence-electron chi connectivity index (χ1n) is 8.68. The predicted molar refractivity (Wildman–Crippen MR) is 95.1 cm³/mol. The minimum atomic E-state index is -0.521. The molecule has 0 unspecified atom stereocenters. The molecule has 0 saturated carbocycles. The molecule has 1 atom stereocenters. The Morgan fingerprint density at radius 3 is 2.92 bits per heavy atom. The van der Waals surface area contributed by atoms with Crippen molar-refractivity contribution in [3.8, 4) is 11.6 Å². The lowest BCUT2D eigenvalue weighted by Crippen LogP contribution is -2.26. The summed E-state index contributed by atoms with van der Waals surface area (Å²) in [5.41, 5.74) is 5.85. The van der Waals surface area contributed by atoms with Gasteiger partial charge in [0.25, 0.3) is 5.91 Å². The number of fused-ring (bicyclic) bond motifs is 1. The quantitative estimate of drug-likeness (QED) is 0.870. The first kappa shape index (κ1) is 17.5. The van der Waals surface area contributed by atoms with Crippen LogP contribution in [0.3, 0.4) is 0 Å². The van der Waals surface area contributed by atoms with Crippen LogP contribution < -0.4 is 15.2 Å². The molecule has 1 saturated heterocycles. The molecular formula is C19H24N2O4. The standard InChI is InChI=1S/C19H24N2O4/c1-12(2)25-17-10-15-13(9-16(17)18(20)22)6-7-21-19(15)24-11-14-5-3-4-8-23-14/h6-7,9-10,12,14H,3-5,8,11H2,1-2H3,(H2,20,22)/t14-/m0/s1. The second-order valence-electron chi connectivity index (χ2n) is 6.52. The summed E-state index contributed by atoms with van der Waals surface area (Å²) >= 11 is 0. The Labute approximate surface area is 147 Å². The first-order chi connectivity index (χ1) is 12.0. The number of carbonyl (C=O) groups is 1. The van der Waals surface area contributed by atoms with Crippen LogP contribution in [0.15, 0.2) is 24.4 Å². The van der Waals surface area contributed by atoms with Crippen LogP contribution in [0, 0.1) is 0 Å². The van der Waals surface area contributed by atoms with E-state index in [1.807, 2.05) is 19.9 Å². The molecule has 1 amide bonds. The van der Waals surface area contributed by atoms with Gasteiger partial charge in [-0.05, 0) is 56.7 Å². The summed E-state index contributed by atoms with van der Waals surface area (Å²) in [6.45, 7) is 5.04. The topological polar surface area (TPSA) is 83.7 Å². The van der Waals surface area contributed by atoms with Crippen molar-refractivity contribution in [1.29, 1.82) is 0 Å². The van der Waals surface area contributed by atoms with E-state index in [-0.39, 0.29) is 12.2 Å². The number of hydrogen-bond acceptors (Lipinski definition) is 5. The molecule has 1 aliphatic heterocycles. The lowest BCUT2D eigenvalue weighted by atomic mass is 10.1. The highest BCUT2D eigenvalue weighted by Gasteiger charge is 2.18. The van der Waals surface area contributed by atoms with E-state index in [9.17, 15) is 4.79 Å². The van der Waals surface area contributed by atoms with Crippen LogP contribution in [0.5, 0.6) is 11.6 Å². The van der Waals surface area contributed by atoms with E-state index in [0.717, 1.165) is 36.6 Å². The molecule has 2 N–H and O–H groups in total. The summed E-state index contributed by atoms with van der Waals surface area (Å²) in [5, 5.41) is 1.62. The van der Waals surface area contributed by atoms with Gasteiger partial charge in [-0.3, -0.25) is 4.79 Å². The molecule has 6 nitrogen and oxygen atoms in total. The van der Waals surface area contributed by atoms with Crippen molar-refractivity contribution in [3.05, 3.63) is 30.0 Å². The van der Waals surface area contributed by atoms with Crippen molar-refractivity contribution < 1.29 is 19.0 Å². The minimum absolute atomic E-state index is 0.0766. The predicted octanol–water partition coefficient (Wildman–Crippen LogP) is 3.07. The largest absolute Gasteiger partial charge is 0.490 e. The summed E-state index contributed by atoms with van der Waals surface area (Å²) in [5.74, 6) is 0.436. The highest BCUT2D eigenvalue weighted by Crippen LogP contribution is 2.31. The number of hydrogen-bond donors (Lipinski definition) is 1. The van der Waals surface area contributed by atoms with Crippen molar-refractivity contribution >= 4 is 16.7 Å². The van der Waals surface area contributed by atoms with Gasteiger partial charge in [0.2, 0.25) is 5.88 Å². The van der Waals surface area contributed by atoms with Gasteiger partial charge in [-0.15, -0.1) is 0 Å². The highest BCUT2D eigenvalue weighted by atomic mass is 16.5. The van der Waals surface area contributed by atoms with E-state index >= 15 is 0 Å². The summed E-state index contributed by atoms with van der Waals surface area (Å²) < 4.78 is 17.4. The smallest absolute Gasteiger partial charge is 0.252 e. The van der Waals surface area contributed by atoms with Gasteiger partial charge in [0.05, 0.1) is 17.8 Å². The van der Waals surface area contributed by atoms with Gasteiger partial charge in [0.15, 0.2) is 0 Å². The van der Waals surface area contributed by atoms with Gasteiger partial charge in [0, 0.05) is 18.2 Å². The van der Waals surface area contributed by atoms with Crippen molar-refractivity contribution in [3.63, 3.8) is 0 Å². The van der Waals surface area contributed by atoms with Crippen LogP contribution in [-0.2, 0) is 4.74 Å². The average molecular weight is 344 g/mol. The summed E-state index contributed by atoms with van der Waals surface area (Å²) in [4.78, 5) is 16.1. The van der Waals surface area contributed by atoms with Crippen LogP contribution in [0.2, 0.25) is 0 Å². The SMILES string of the molecule is CC(C)Oc1cc2c(OC[C@@H]3CCCCO3)nccc2cc1C(N)=O. The van der Waals surface area contributed by atoms with E-state index in [2.05, 4.69) is 4.98 Å². The van der Waals surface area contributed by atoms with Crippen LogP contribution in [0.1, 0.15) is 43.5 Å². The maximum absolute atomic E-state index is 11.7. The monoisotopic (exact) mass is 344 g/mol. The number of nitrogens with zero attached hydrogens (tertiary/aromatic N) is 1. The van der Waals surface area contributed by atoms with Crippen molar-refractivity contribution in [1.82, 2.24) is 4.98 Å². The number of carbonyl (C=O) groups excluding carboxylic acids is 1. The van der Waals surface area contributed by atoms with Gasteiger partial charge in [-0.2, -0.15) is 0 Å². The van der Waals surface area contributed by atoms with Crippen molar-refractivity contribution in [2.75, 3.05) is 13.2 Å². The average Bonchev–Trinajstić information content (AvgIpc) is 2.59. The molecule has 0 radical (unpaired) electrons. The first-order valence-corrected chi connectivity index (χ1v) is 8.68. The Balaban J connectivity index is 1.91. The number of aromatic nitrogens is 1. The Morgan fingerprint density at radius 2 is 2.24 bits per heavy atom. The molecule has 2 heterocycles. The van der Waals surface area contributed by atoms with Crippen LogP contribution in [0.4, 0.5) is 0 Å². The van der Waals surface area contributed by atoms with Gasteiger partial charge >= 0.3 is 0 Å². The molecule has 1 aliphatic rings. The van der Waals surface area contributed by atoms with Gasteiger partial charge in [0.1, 0.15) is 12.4 Å². The minimum Gasteiger partial charge on any atom is -0.490 e. The Morgan fingerprint density at radius 1 is 1.40 bits per heavy atom. The fourth-order valence-electron chi connectivity index (χ4n) is 2.94. The molecule has 0 bridgehead atoms. The fraction of sp³-hybridized carbons (Fsp3) is 0.474. The summed E-state index contributed by atoms with van der Waals surface area (Å²) in [7, 11) is 0. The Kier molecular flexibility index (Phi) is 5.38. The number of rotatable bonds is 6. The number of nitrogens with two attached hydrogens (primary N) is 1. The number of benzene rings is 1. The van der Waals surface area contributed by atoms with E-state index in [0.29, 0.717) is 23.8 Å². The Hall–Kier alpha value is -2.34. The number of ether oxygens (including phenoxy) is 3. The Bertz CT molecular complexity index is 754. The lowest BCUT2D eigenvalue weighted by molar-refractivity contribution is -0.0116. The molecule has 0 spiro atoms. The molecular weight excluding hydrogens is 320 g/mol. The number of primary amides is 1. The fourth-order valence-corrected chi connectivity index (χ4v) is 2.94. The van der Waals surface area contributed by atoms with E-state index in [4.69, 9.17) is 19.9 Å². The van der Waals surface area contributed by atoms with Crippen LogP contribution >= 0.6 is 0 Å². The zero-order valence-electron chi connectivity index (χ0n) is 14.7. The second kappa shape index (κ2) is 7.70. The maximum Gasteiger partial charge on any atom is 0.252 e. The molecule has 25 heavy (non-hydrogen) atoms. The zero-order chi connectivity index (χ0) is 17.8. The van der Waals surface area contributed by atoms with Gasteiger partial charge < -0.3 is 19.9 Å². The molecule has 0 aliphatic carbocycles. The van der Waals surface area contributed by atoms with Gasteiger partial charge in [-0.25, -0.2) is 4.98 Å². The van der Waals surface area contributed by atoms with Crippen LogP contribution in [-0.4, -0.2) is 36.3 Å². The number of pyridine rings is 1. The molecule has 6 heteroatoms. The maximum atomic E-state index is 11.7. The molecule has 1 fully saturated rings. The molecule has 1 aromatic heterocycles. The highest BCUT2D eigenvalue weighted by molar-refractivity contribution is 6.01. The van der Waals surface area contributed by atoms with Gasteiger partial charge in [-0.1, -0.05) is 0 Å². The van der Waals surface area contributed by atoms with Crippen molar-refractivity contribution in [2.24, 2.45) is 5.73 Å². The second-order valence-corrected chi connectivity index (χ2v) is 6.52.